The zero-order valence-electron chi connectivity index (χ0n) is 5.29. The topological polar surface area (TPSA) is 69.6 Å². The fourth-order valence-corrected chi connectivity index (χ4v) is 0.377. The van der Waals surface area contributed by atoms with E-state index in [0.717, 1.165) is 0 Å². The van der Waals surface area contributed by atoms with Gasteiger partial charge in [0.25, 0.3) is 0 Å². The summed E-state index contributed by atoms with van der Waals surface area (Å²) in [6, 6.07) is 0. The van der Waals surface area contributed by atoms with Gasteiger partial charge in [0.1, 0.15) is 0 Å². The summed E-state index contributed by atoms with van der Waals surface area (Å²) in [4.78, 5) is 10.2. The Morgan fingerprint density at radius 3 is 2.56 bits per heavy atom. The number of hydrogen-bond acceptors (Lipinski definition) is 3. The molecule has 0 aliphatic heterocycles. The van der Waals surface area contributed by atoms with E-state index in [1.165, 1.54) is 6.92 Å². The fourth-order valence-electron chi connectivity index (χ4n) is 0.377. The van der Waals surface area contributed by atoms with E-state index in [1.54, 1.807) is 0 Å². The summed E-state index contributed by atoms with van der Waals surface area (Å²) in [6.45, 7) is 1.69. The average Bonchev–Trinajstić information content (AvgIpc) is 1.63. The summed E-state index contributed by atoms with van der Waals surface area (Å²) in [7, 11) is 0. The third-order valence-corrected chi connectivity index (χ3v) is 0.776. The lowest BCUT2D eigenvalue weighted by Gasteiger charge is -2.02. The highest BCUT2D eigenvalue weighted by Gasteiger charge is 1.95. The van der Waals surface area contributed by atoms with Crippen LogP contribution in [0.3, 0.4) is 0 Å². The van der Waals surface area contributed by atoms with Crippen molar-refractivity contribution < 1.29 is 15.0 Å². The predicted octanol–water partition coefficient (Wildman–Crippen LogP) is -1.18. The summed E-state index contributed by atoms with van der Waals surface area (Å²) >= 11 is 0. The highest BCUT2D eigenvalue weighted by molar-refractivity contribution is 5.72. The van der Waals surface area contributed by atoms with Gasteiger partial charge in [-0.1, -0.05) is 0 Å². The molecule has 0 spiro atoms. The van der Waals surface area contributed by atoms with E-state index in [9.17, 15) is 4.79 Å². The molecule has 0 aromatic heterocycles. The van der Waals surface area contributed by atoms with Crippen LogP contribution in [-0.4, -0.2) is 29.0 Å². The van der Waals surface area contributed by atoms with Gasteiger partial charge >= 0.3 is 0 Å². The molecule has 0 saturated heterocycles. The molecular weight excluding hydrogens is 122 g/mol. The van der Waals surface area contributed by atoms with Crippen LogP contribution in [0, 0.1) is 0 Å². The van der Waals surface area contributed by atoms with Crippen molar-refractivity contribution in [1.29, 1.82) is 0 Å². The Balaban J connectivity index is 3.01. The first kappa shape index (κ1) is 8.39. The van der Waals surface area contributed by atoms with E-state index < -0.39 is 6.29 Å². The Bertz CT molecular complexity index is 92.2. The van der Waals surface area contributed by atoms with E-state index in [2.05, 4.69) is 5.32 Å². The molecule has 4 nitrogen and oxygen atoms in total. The van der Waals surface area contributed by atoms with Crippen LogP contribution in [0.25, 0.3) is 0 Å². The molecule has 0 aromatic carbocycles. The highest BCUT2D eigenvalue weighted by atomic mass is 16.5. The minimum atomic E-state index is -1.32. The van der Waals surface area contributed by atoms with Crippen LogP contribution in [0.15, 0.2) is 0 Å². The van der Waals surface area contributed by atoms with E-state index >= 15 is 0 Å². The molecule has 0 unspecified atom stereocenters. The second-order valence-corrected chi connectivity index (χ2v) is 1.75. The van der Waals surface area contributed by atoms with Crippen molar-refractivity contribution in [2.24, 2.45) is 0 Å². The van der Waals surface area contributed by atoms with Gasteiger partial charge in [0.05, 0.1) is 0 Å². The SMILES string of the molecule is CC(=O)NCCC(O)O. The molecule has 0 atom stereocenters. The van der Waals surface area contributed by atoms with Crippen LogP contribution in [0.5, 0.6) is 0 Å². The number of carbonyl (C=O) groups is 1. The van der Waals surface area contributed by atoms with Gasteiger partial charge in [0.2, 0.25) is 5.91 Å². The van der Waals surface area contributed by atoms with Crippen molar-refractivity contribution in [2.75, 3.05) is 6.54 Å². The van der Waals surface area contributed by atoms with Crippen molar-refractivity contribution in [2.45, 2.75) is 19.6 Å². The van der Waals surface area contributed by atoms with Gasteiger partial charge in [-0.3, -0.25) is 4.79 Å². The zero-order chi connectivity index (χ0) is 7.28. The Hall–Kier alpha value is -0.610. The number of aliphatic hydroxyl groups is 2. The molecule has 1 amide bonds. The largest absolute Gasteiger partial charge is 0.368 e. The Labute approximate surface area is 53.5 Å². The van der Waals surface area contributed by atoms with Crippen molar-refractivity contribution in [3.8, 4) is 0 Å². The first-order valence-electron chi connectivity index (χ1n) is 2.73. The van der Waals surface area contributed by atoms with Crippen LogP contribution < -0.4 is 5.32 Å². The lowest BCUT2D eigenvalue weighted by molar-refractivity contribution is -0.119. The van der Waals surface area contributed by atoms with E-state index in [1.807, 2.05) is 0 Å². The second kappa shape index (κ2) is 4.29. The molecule has 0 saturated carbocycles. The van der Waals surface area contributed by atoms with Gasteiger partial charge in [-0.25, -0.2) is 0 Å². The monoisotopic (exact) mass is 133 g/mol. The normalized spacial score (nSPS) is 9.78. The number of carbonyl (C=O) groups excluding carboxylic acids is 1. The van der Waals surface area contributed by atoms with Gasteiger partial charge in [-0.15, -0.1) is 0 Å². The third kappa shape index (κ3) is 7.39. The summed E-state index contributed by atoms with van der Waals surface area (Å²) in [5.74, 6) is -0.157. The van der Waals surface area contributed by atoms with E-state index in [-0.39, 0.29) is 12.3 Å². The minimum Gasteiger partial charge on any atom is -0.368 e. The van der Waals surface area contributed by atoms with Crippen molar-refractivity contribution in [1.82, 2.24) is 5.32 Å². The van der Waals surface area contributed by atoms with Gasteiger partial charge < -0.3 is 15.5 Å². The first-order chi connectivity index (χ1) is 4.13. The maximum atomic E-state index is 10.2. The van der Waals surface area contributed by atoms with Gasteiger partial charge in [-0.2, -0.15) is 0 Å². The molecule has 0 aromatic rings. The van der Waals surface area contributed by atoms with Crippen LogP contribution in [0.2, 0.25) is 0 Å². The smallest absolute Gasteiger partial charge is 0.216 e. The van der Waals surface area contributed by atoms with Crippen LogP contribution >= 0.6 is 0 Å². The number of hydrogen-bond donors (Lipinski definition) is 3. The Kier molecular flexibility index (Phi) is 4.00. The zero-order valence-corrected chi connectivity index (χ0v) is 5.29. The number of amides is 1. The maximum absolute atomic E-state index is 10.2. The molecule has 0 aliphatic carbocycles. The average molecular weight is 133 g/mol. The molecule has 0 bridgehead atoms. The molecule has 0 rings (SSSR count). The summed E-state index contributed by atoms with van der Waals surface area (Å²) in [5, 5.41) is 19.0. The molecule has 54 valence electrons. The van der Waals surface area contributed by atoms with Gasteiger partial charge in [0, 0.05) is 19.9 Å². The molecule has 0 heterocycles. The van der Waals surface area contributed by atoms with E-state index in [4.69, 9.17) is 10.2 Å². The molecule has 3 N–H and O–H groups in total. The first-order valence-corrected chi connectivity index (χ1v) is 2.73. The van der Waals surface area contributed by atoms with Gasteiger partial charge in [-0.05, 0) is 0 Å². The van der Waals surface area contributed by atoms with Crippen molar-refractivity contribution in [3.63, 3.8) is 0 Å². The predicted molar refractivity (Wildman–Crippen MR) is 31.5 cm³/mol. The Morgan fingerprint density at radius 1 is 1.67 bits per heavy atom. The molecule has 0 aliphatic rings. The molecular formula is C5H11NO3. The second-order valence-electron chi connectivity index (χ2n) is 1.75. The number of aliphatic hydroxyl groups excluding tert-OH is 1. The van der Waals surface area contributed by atoms with Crippen molar-refractivity contribution in [3.05, 3.63) is 0 Å². The molecule has 0 radical (unpaired) electrons. The number of rotatable bonds is 3. The standard InChI is InChI=1S/C5H11NO3/c1-4(7)6-3-2-5(8)9/h5,8-9H,2-3H2,1H3,(H,6,7). The van der Waals surface area contributed by atoms with Crippen LogP contribution in [-0.2, 0) is 4.79 Å². The lowest BCUT2D eigenvalue weighted by Crippen LogP contribution is -2.24. The third-order valence-electron chi connectivity index (χ3n) is 0.776. The van der Waals surface area contributed by atoms with Crippen LogP contribution in [0.1, 0.15) is 13.3 Å². The maximum Gasteiger partial charge on any atom is 0.216 e. The quantitative estimate of drug-likeness (QED) is 0.424. The van der Waals surface area contributed by atoms with Gasteiger partial charge in [0.15, 0.2) is 6.29 Å². The summed E-state index contributed by atoms with van der Waals surface area (Å²) in [5.41, 5.74) is 0. The summed E-state index contributed by atoms with van der Waals surface area (Å²) in [6.07, 6.45) is -1.14. The molecule has 0 fully saturated rings. The molecule has 4 heteroatoms. The minimum absolute atomic E-state index is 0.157. The summed E-state index contributed by atoms with van der Waals surface area (Å²) < 4.78 is 0. The fraction of sp³-hybridized carbons (Fsp3) is 0.800. The lowest BCUT2D eigenvalue weighted by atomic mass is 10.4. The molecule has 9 heavy (non-hydrogen) atoms. The van der Waals surface area contributed by atoms with E-state index in [0.29, 0.717) is 6.54 Å². The van der Waals surface area contributed by atoms with Crippen LogP contribution in [0.4, 0.5) is 0 Å². The van der Waals surface area contributed by atoms with Crippen molar-refractivity contribution >= 4 is 5.91 Å². The highest BCUT2D eigenvalue weighted by Crippen LogP contribution is 1.81. The Morgan fingerprint density at radius 2 is 2.22 bits per heavy atom. The number of nitrogens with one attached hydrogen (secondary N) is 1.